The molecule has 0 aromatic carbocycles. The molecular formula is C23H28F3N3O3S. The van der Waals surface area contributed by atoms with Crippen LogP contribution in [0.5, 0.6) is 0 Å². The van der Waals surface area contributed by atoms with Gasteiger partial charge in [0.2, 0.25) is 5.91 Å². The number of halogens is 3. The summed E-state index contributed by atoms with van der Waals surface area (Å²) in [6, 6.07) is 1.09. The first-order valence-electron chi connectivity index (χ1n) is 11.4. The lowest BCUT2D eigenvalue weighted by atomic mass is 9.95. The molecule has 1 atom stereocenters. The van der Waals surface area contributed by atoms with E-state index in [1.165, 1.54) is 16.0 Å². The van der Waals surface area contributed by atoms with Crippen molar-refractivity contribution in [1.82, 2.24) is 9.78 Å². The summed E-state index contributed by atoms with van der Waals surface area (Å²) in [4.78, 5) is 26.9. The van der Waals surface area contributed by atoms with E-state index >= 15 is 0 Å². The highest BCUT2D eigenvalue weighted by Crippen LogP contribution is 2.42. The Labute approximate surface area is 194 Å². The lowest BCUT2D eigenvalue weighted by molar-refractivity contribution is -0.141. The number of anilines is 1. The van der Waals surface area contributed by atoms with E-state index in [1.54, 1.807) is 20.8 Å². The highest BCUT2D eigenvalue weighted by Gasteiger charge is 2.38. The van der Waals surface area contributed by atoms with Crippen molar-refractivity contribution in [2.75, 3.05) is 5.32 Å². The van der Waals surface area contributed by atoms with E-state index in [4.69, 9.17) is 4.74 Å². The Balaban J connectivity index is 1.54. The molecular weight excluding hydrogens is 455 g/mol. The summed E-state index contributed by atoms with van der Waals surface area (Å²) in [6.45, 7) is 5.23. The standard InChI is InChI=1S/C23H28F3N3O3S/c1-12(2)32-22(31)19-15-6-4-5-7-17(15)33-21(19)27-20(30)13(3)11-29-16(14-8-9-14)10-18(28-29)23(24,25)26/h10,12-14H,4-9,11H2,1-3H3,(H,27,30). The van der Waals surface area contributed by atoms with Crippen molar-refractivity contribution in [2.24, 2.45) is 5.92 Å². The number of alkyl halides is 3. The fourth-order valence-corrected chi connectivity index (χ4v) is 5.42. The molecule has 1 N–H and O–H groups in total. The first kappa shape index (κ1) is 23.8. The topological polar surface area (TPSA) is 73.2 Å². The molecule has 2 aromatic heterocycles. The van der Waals surface area contributed by atoms with Crippen LogP contribution in [0, 0.1) is 5.92 Å². The number of nitrogens with zero attached hydrogens (tertiary/aromatic N) is 2. The molecule has 0 radical (unpaired) electrons. The quantitative estimate of drug-likeness (QED) is 0.524. The van der Waals surface area contributed by atoms with Crippen molar-refractivity contribution < 1.29 is 27.5 Å². The van der Waals surface area contributed by atoms with Crippen molar-refractivity contribution in [3.8, 4) is 0 Å². The Morgan fingerprint density at radius 2 is 1.94 bits per heavy atom. The molecule has 0 aliphatic heterocycles. The molecule has 0 bridgehead atoms. The van der Waals surface area contributed by atoms with Gasteiger partial charge in [0.05, 0.1) is 24.1 Å². The number of thiophene rings is 1. The van der Waals surface area contributed by atoms with Crippen molar-refractivity contribution in [3.05, 3.63) is 33.5 Å². The Bertz CT molecular complexity index is 1050. The summed E-state index contributed by atoms with van der Waals surface area (Å²) < 4.78 is 46.3. The van der Waals surface area contributed by atoms with E-state index in [9.17, 15) is 22.8 Å². The van der Waals surface area contributed by atoms with Gasteiger partial charge < -0.3 is 10.1 Å². The highest BCUT2D eigenvalue weighted by atomic mass is 32.1. The van der Waals surface area contributed by atoms with Crippen LogP contribution in [-0.2, 0) is 35.1 Å². The Hall–Kier alpha value is -2.36. The third-order valence-electron chi connectivity index (χ3n) is 5.95. The molecule has 2 aliphatic carbocycles. The maximum atomic E-state index is 13.2. The van der Waals surface area contributed by atoms with Gasteiger partial charge in [0.1, 0.15) is 5.00 Å². The number of rotatable bonds is 7. The van der Waals surface area contributed by atoms with Crippen LogP contribution < -0.4 is 5.32 Å². The number of carbonyl (C=O) groups excluding carboxylic acids is 2. The normalized spacial score (nSPS) is 17.1. The van der Waals surface area contributed by atoms with Crippen molar-refractivity contribution in [2.45, 2.75) is 84.0 Å². The molecule has 2 aromatic rings. The number of hydrogen-bond donors (Lipinski definition) is 1. The summed E-state index contributed by atoms with van der Waals surface area (Å²) in [7, 11) is 0. The summed E-state index contributed by atoms with van der Waals surface area (Å²) >= 11 is 1.39. The van der Waals surface area contributed by atoms with Crippen molar-refractivity contribution in [3.63, 3.8) is 0 Å². The third-order valence-corrected chi connectivity index (χ3v) is 7.15. The first-order valence-corrected chi connectivity index (χ1v) is 12.2. The molecule has 1 unspecified atom stereocenters. The minimum Gasteiger partial charge on any atom is -0.459 e. The van der Waals surface area contributed by atoms with E-state index in [1.807, 2.05) is 0 Å². The highest BCUT2D eigenvalue weighted by molar-refractivity contribution is 7.17. The SMILES string of the molecule is CC(C)OC(=O)c1c(NC(=O)C(C)Cn2nc(C(F)(F)F)cc2C2CC2)sc2c1CCCC2. The minimum atomic E-state index is -4.53. The molecule has 0 spiro atoms. The van der Waals surface area contributed by atoms with Gasteiger partial charge >= 0.3 is 12.1 Å². The summed E-state index contributed by atoms with van der Waals surface area (Å²) in [5, 5.41) is 7.06. The van der Waals surface area contributed by atoms with E-state index < -0.39 is 23.8 Å². The second kappa shape index (κ2) is 9.12. The molecule has 180 valence electrons. The van der Waals surface area contributed by atoms with E-state index in [2.05, 4.69) is 10.4 Å². The third kappa shape index (κ3) is 5.26. The average Bonchev–Trinajstić information content (AvgIpc) is 3.36. The lowest BCUT2D eigenvalue weighted by Gasteiger charge is -2.16. The first-order chi connectivity index (χ1) is 15.5. The summed E-state index contributed by atoms with van der Waals surface area (Å²) in [6.07, 6.45) is 0.451. The number of aromatic nitrogens is 2. The van der Waals surface area contributed by atoms with Crippen LogP contribution in [0.3, 0.4) is 0 Å². The van der Waals surface area contributed by atoms with Crippen LogP contribution in [0.1, 0.15) is 84.6 Å². The van der Waals surface area contributed by atoms with Crippen LogP contribution in [0.25, 0.3) is 0 Å². The maximum absolute atomic E-state index is 13.2. The lowest BCUT2D eigenvalue weighted by Crippen LogP contribution is -2.26. The monoisotopic (exact) mass is 483 g/mol. The number of fused-ring (bicyclic) bond motifs is 1. The van der Waals surface area contributed by atoms with Crippen LogP contribution in [0.15, 0.2) is 6.07 Å². The number of aryl methyl sites for hydroxylation is 1. The van der Waals surface area contributed by atoms with Gasteiger partial charge in [-0.05, 0) is 64.0 Å². The zero-order valence-electron chi connectivity index (χ0n) is 18.9. The van der Waals surface area contributed by atoms with Gasteiger partial charge in [0.15, 0.2) is 5.69 Å². The summed E-state index contributed by atoms with van der Waals surface area (Å²) in [5.74, 6) is -1.40. The number of carbonyl (C=O) groups is 2. The number of esters is 1. The van der Waals surface area contributed by atoms with Crippen LogP contribution >= 0.6 is 11.3 Å². The Morgan fingerprint density at radius 3 is 2.58 bits per heavy atom. The number of ether oxygens (including phenoxy) is 1. The van der Waals surface area contributed by atoms with Gasteiger partial charge in [-0.2, -0.15) is 18.3 Å². The zero-order valence-corrected chi connectivity index (χ0v) is 19.7. The van der Waals surface area contributed by atoms with Crippen molar-refractivity contribution in [1.29, 1.82) is 0 Å². The smallest absolute Gasteiger partial charge is 0.435 e. The molecule has 2 aliphatic rings. The zero-order chi connectivity index (χ0) is 23.9. The van der Waals surface area contributed by atoms with Gasteiger partial charge in [-0.15, -0.1) is 11.3 Å². The van der Waals surface area contributed by atoms with Crippen LogP contribution in [0.4, 0.5) is 18.2 Å². The molecule has 4 rings (SSSR count). The molecule has 2 heterocycles. The number of hydrogen-bond acceptors (Lipinski definition) is 5. The van der Waals surface area contributed by atoms with E-state index in [-0.39, 0.29) is 24.5 Å². The molecule has 1 saturated carbocycles. The fourth-order valence-electron chi connectivity index (χ4n) is 4.14. The van der Waals surface area contributed by atoms with E-state index in [0.29, 0.717) is 16.3 Å². The molecule has 6 nitrogen and oxygen atoms in total. The van der Waals surface area contributed by atoms with Crippen LogP contribution in [0.2, 0.25) is 0 Å². The number of amides is 1. The van der Waals surface area contributed by atoms with Gasteiger partial charge in [-0.1, -0.05) is 6.92 Å². The predicted octanol–water partition coefficient (Wildman–Crippen LogP) is 5.56. The van der Waals surface area contributed by atoms with Gasteiger partial charge in [0, 0.05) is 16.5 Å². The average molecular weight is 484 g/mol. The summed E-state index contributed by atoms with van der Waals surface area (Å²) in [5.41, 5.74) is 0.954. The predicted molar refractivity (Wildman–Crippen MR) is 119 cm³/mol. The molecule has 0 saturated heterocycles. The van der Waals surface area contributed by atoms with E-state index in [0.717, 1.165) is 55.0 Å². The molecule has 33 heavy (non-hydrogen) atoms. The Kier molecular flexibility index (Phi) is 6.57. The minimum absolute atomic E-state index is 0.0324. The van der Waals surface area contributed by atoms with Gasteiger partial charge in [-0.25, -0.2) is 4.79 Å². The largest absolute Gasteiger partial charge is 0.459 e. The molecule has 10 heteroatoms. The van der Waals surface area contributed by atoms with Gasteiger partial charge in [0.25, 0.3) is 0 Å². The molecule has 1 fully saturated rings. The fraction of sp³-hybridized carbons (Fsp3) is 0.609. The van der Waals surface area contributed by atoms with Crippen LogP contribution in [-0.4, -0.2) is 27.8 Å². The molecule has 1 amide bonds. The second-order valence-corrected chi connectivity index (χ2v) is 10.3. The maximum Gasteiger partial charge on any atom is 0.435 e. The van der Waals surface area contributed by atoms with Crippen molar-refractivity contribution >= 4 is 28.2 Å². The second-order valence-electron chi connectivity index (χ2n) is 9.17. The number of nitrogens with one attached hydrogen (secondary N) is 1. The Morgan fingerprint density at radius 1 is 1.24 bits per heavy atom. The van der Waals surface area contributed by atoms with Gasteiger partial charge in [-0.3, -0.25) is 9.48 Å².